The lowest BCUT2D eigenvalue weighted by molar-refractivity contribution is -0.0303. The number of morpholine rings is 1. The number of halogens is 1. The number of fused-ring (bicyclic) bond motifs is 2. The fourth-order valence-electron chi connectivity index (χ4n) is 2.49. The number of hydrogen-bond acceptors (Lipinski definition) is 3. The van der Waals surface area contributed by atoms with Gasteiger partial charge in [0.05, 0.1) is 22.8 Å². The van der Waals surface area contributed by atoms with Crippen LogP contribution >= 0.6 is 11.6 Å². The fourth-order valence-corrected chi connectivity index (χ4v) is 2.67. The van der Waals surface area contributed by atoms with Gasteiger partial charge < -0.3 is 9.64 Å². The molecule has 2 atom stereocenters. The fraction of sp³-hybridized carbons (Fsp3) is 0.500. The van der Waals surface area contributed by atoms with Gasteiger partial charge in [0.15, 0.2) is 0 Å². The van der Waals surface area contributed by atoms with Crippen molar-refractivity contribution in [2.45, 2.75) is 25.0 Å². The highest BCUT2D eigenvalue weighted by Crippen LogP contribution is 2.27. The van der Waals surface area contributed by atoms with E-state index in [9.17, 15) is 4.79 Å². The molecule has 0 saturated carbocycles. The van der Waals surface area contributed by atoms with Crippen molar-refractivity contribution in [2.24, 2.45) is 0 Å². The van der Waals surface area contributed by atoms with Crippen LogP contribution in [0.3, 0.4) is 0 Å². The Morgan fingerprint density at radius 3 is 2.76 bits per heavy atom. The highest BCUT2D eigenvalue weighted by Gasteiger charge is 2.36. The molecule has 2 aliphatic heterocycles. The van der Waals surface area contributed by atoms with Crippen LogP contribution in [0.2, 0.25) is 5.02 Å². The van der Waals surface area contributed by atoms with E-state index in [1.807, 2.05) is 4.90 Å². The van der Waals surface area contributed by atoms with Crippen LogP contribution in [0.5, 0.6) is 0 Å². The Balaban J connectivity index is 1.81. The molecule has 0 aromatic carbocycles. The summed E-state index contributed by atoms with van der Waals surface area (Å²) in [6.45, 7) is 1.33. The SMILES string of the molecule is O=C(c1cnccc1Cl)N1CC2CCC(C1)O2. The Morgan fingerprint density at radius 2 is 2.12 bits per heavy atom. The van der Waals surface area contributed by atoms with Crippen molar-refractivity contribution in [3.8, 4) is 0 Å². The molecule has 2 aliphatic rings. The molecule has 5 heteroatoms. The number of ether oxygens (including phenoxy) is 1. The van der Waals surface area contributed by atoms with Crippen LogP contribution in [0.15, 0.2) is 18.5 Å². The van der Waals surface area contributed by atoms with Crippen LogP contribution in [0.1, 0.15) is 23.2 Å². The minimum Gasteiger partial charge on any atom is -0.371 e. The minimum absolute atomic E-state index is 0.0386. The van der Waals surface area contributed by atoms with Gasteiger partial charge >= 0.3 is 0 Å². The number of carbonyl (C=O) groups is 1. The molecule has 2 unspecified atom stereocenters. The number of hydrogen-bond donors (Lipinski definition) is 0. The van der Waals surface area contributed by atoms with E-state index in [0.29, 0.717) is 23.7 Å². The molecule has 3 heterocycles. The highest BCUT2D eigenvalue weighted by atomic mass is 35.5. The third-order valence-electron chi connectivity index (χ3n) is 3.33. The summed E-state index contributed by atoms with van der Waals surface area (Å²) >= 11 is 6.01. The lowest BCUT2D eigenvalue weighted by atomic mass is 10.2. The number of amides is 1. The number of carbonyl (C=O) groups excluding carboxylic acids is 1. The second-order valence-corrected chi connectivity index (χ2v) is 4.93. The Hall–Kier alpha value is -1.13. The standard InChI is InChI=1S/C12H13ClN2O2/c13-11-3-4-14-5-10(11)12(16)15-6-8-1-2-9(7-15)17-8/h3-5,8-9H,1-2,6-7H2. The van der Waals surface area contributed by atoms with Crippen LogP contribution in [0.4, 0.5) is 0 Å². The van der Waals surface area contributed by atoms with E-state index >= 15 is 0 Å². The molecule has 4 nitrogen and oxygen atoms in total. The molecule has 2 fully saturated rings. The zero-order valence-corrected chi connectivity index (χ0v) is 10.1. The van der Waals surface area contributed by atoms with Gasteiger partial charge in [-0.1, -0.05) is 11.6 Å². The zero-order chi connectivity index (χ0) is 11.8. The number of nitrogens with zero attached hydrogens (tertiary/aromatic N) is 2. The van der Waals surface area contributed by atoms with Gasteiger partial charge in [-0.15, -0.1) is 0 Å². The first-order valence-corrected chi connectivity index (χ1v) is 6.16. The second kappa shape index (κ2) is 4.27. The molecule has 0 radical (unpaired) electrons. The van der Waals surface area contributed by atoms with Gasteiger partial charge in [0.2, 0.25) is 0 Å². The average Bonchev–Trinajstić information content (AvgIpc) is 2.68. The van der Waals surface area contributed by atoms with Crippen LogP contribution in [0, 0.1) is 0 Å². The summed E-state index contributed by atoms with van der Waals surface area (Å²) in [5, 5.41) is 0.462. The highest BCUT2D eigenvalue weighted by molar-refractivity contribution is 6.33. The summed E-state index contributed by atoms with van der Waals surface area (Å²) in [5.41, 5.74) is 0.482. The smallest absolute Gasteiger partial charge is 0.257 e. The van der Waals surface area contributed by atoms with Crippen molar-refractivity contribution in [3.63, 3.8) is 0 Å². The molecule has 2 saturated heterocycles. The first-order chi connectivity index (χ1) is 8.24. The van der Waals surface area contributed by atoms with Crippen LogP contribution in [-0.2, 0) is 4.74 Å². The van der Waals surface area contributed by atoms with Crippen LogP contribution in [0.25, 0.3) is 0 Å². The van der Waals surface area contributed by atoms with Crippen molar-refractivity contribution >= 4 is 17.5 Å². The van der Waals surface area contributed by atoms with Gasteiger partial charge in [-0.2, -0.15) is 0 Å². The molecule has 3 rings (SSSR count). The molecule has 1 amide bonds. The van der Waals surface area contributed by atoms with Gasteiger partial charge in [-0.3, -0.25) is 9.78 Å². The van der Waals surface area contributed by atoms with E-state index in [0.717, 1.165) is 12.8 Å². The molecule has 90 valence electrons. The predicted molar refractivity (Wildman–Crippen MR) is 63.0 cm³/mol. The summed E-state index contributed by atoms with van der Waals surface area (Å²) in [7, 11) is 0. The minimum atomic E-state index is -0.0386. The van der Waals surface area contributed by atoms with Crippen LogP contribution < -0.4 is 0 Å². The van der Waals surface area contributed by atoms with Gasteiger partial charge in [0.1, 0.15) is 0 Å². The van der Waals surface area contributed by atoms with Gasteiger partial charge in [0.25, 0.3) is 5.91 Å². The number of rotatable bonds is 1. The van der Waals surface area contributed by atoms with E-state index in [4.69, 9.17) is 16.3 Å². The summed E-state index contributed by atoms with van der Waals surface area (Å²) < 4.78 is 5.70. The van der Waals surface area contributed by atoms with Crippen molar-refractivity contribution in [2.75, 3.05) is 13.1 Å². The number of aromatic nitrogens is 1. The van der Waals surface area contributed by atoms with E-state index in [1.54, 1.807) is 12.3 Å². The number of pyridine rings is 1. The largest absolute Gasteiger partial charge is 0.371 e. The third kappa shape index (κ3) is 2.03. The molecule has 0 aliphatic carbocycles. The number of likely N-dealkylation sites (tertiary alicyclic amines) is 1. The van der Waals surface area contributed by atoms with Crippen LogP contribution in [-0.4, -0.2) is 41.1 Å². The Labute approximate surface area is 105 Å². The topological polar surface area (TPSA) is 42.4 Å². The molecule has 2 bridgehead atoms. The van der Waals surface area contributed by atoms with Gasteiger partial charge in [-0.25, -0.2) is 0 Å². The van der Waals surface area contributed by atoms with Crippen molar-refractivity contribution < 1.29 is 9.53 Å². The molecular formula is C12H13ClN2O2. The summed E-state index contributed by atoms with van der Waals surface area (Å²) in [4.78, 5) is 18.1. The molecule has 1 aromatic rings. The van der Waals surface area contributed by atoms with Crippen molar-refractivity contribution in [3.05, 3.63) is 29.0 Å². The zero-order valence-electron chi connectivity index (χ0n) is 9.30. The van der Waals surface area contributed by atoms with E-state index in [2.05, 4.69) is 4.98 Å². The van der Waals surface area contributed by atoms with Crippen molar-refractivity contribution in [1.82, 2.24) is 9.88 Å². The Kier molecular flexibility index (Phi) is 2.76. The van der Waals surface area contributed by atoms with E-state index in [1.165, 1.54) is 6.20 Å². The van der Waals surface area contributed by atoms with Crippen molar-refractivity contribution in [1.29, 1.82) is 0 Å². The Bertz CT molecular complexity index is 440. The molecule has 1 aromatic heterocycles. The summed E-state index contributed by atoms with van der Waals surface area (Å²) in [6, 6.07) is 1.64. The maximum absolute atomic E-state index is 12.3. The van der Waals surface area contributed by atoms with Gasteiger partial charge in [0, 0.05) is 25.5 Å². The first-order valence-electron chi connectivity index (χ1n) is 5.78. The molecule has 17 heavy (non-hydrogen) atoms. The summed E-state index contributed by atoms with van der Waals surface area (Å²) in [6.07, 6.45) is 5.62. The normalized spacial score (nSPS) is 27.2. The summed E-state index contributed by atoms with van der Waals surface area (Å²) in [5.74, 6) is -0.0386. The lowest BCUT2D eigenvalue weighted by Crippen LogP contribution is -2.45. The monoisotopic (exact) mass is 252 g/mol. The quantitative estimate of drug-likeness (QED) is 0.765. The maximum Gasteiger partial charge on any atom is 0.257 e. The predicted octanol–water partition coefficient (Wildman–Crippen LogP) is 1.74. The molecule has 0 N–H and O–H groups in total. The lowest BCUT2D eigenvalue weighted by Gasteiger charge is -2.32. The van der Waals surface area contributed by atoms with Gasteiger partial charge in [-0.05, 0) is 18.9 Å². The van der Waals surface area contributed by atoms with E-state index in [-0.39, 0.29) is 18.1 Å². The average molecular weight is 253 g/mol. The second-order valence-electron chi connectivity index (χ2n) is 4.52. The molecular weight excluding hydrogens is 240 g/mol. The maximum atomic E-state index is 12.3. The Morgan fingerprint density at radius 1 is 1.41 bits per heavy atom. The first kappa shape index (κ1) is 11.0. The third-order valence-corrected chi connectivity index (χ3v) is 3.66. The van der Waals surface area contributed by atoms with E-state index < -0.39 is 0 Å². The molecule has 0 spiro atoms.